The van der Waals surface area contributed by atoms with Crippen LogP contribution in [0, 0.1) is 0 Å². The van der Waals surface area contributed by atoms with E-state index in [1.54, 1.807) is 46.8 Å². The van der Waals surface area contributed by atoms with E-state index in [9.17, 15) is 19.5 Å². The molecule has 126 valence electrons. The summed E-state index contributed by atoms with van der Waals surface area (Å²) in [5, 5.41) is 12.8. The maximum atomic E-state index is 12.4. The van der Waals surface area contributed by atoms with Crippen molar-refractivity contribution in [1.82, 2.24) is 9.88 Å². The predicted molar refractivity (Wildman–Crippen MR) is 93.3 cm³/mol. The number of pyridine rings is 1. The van der Waals surface area contributed by atoms with Crippen LogP contribution in [0.4, 0.5) is 0 Å². The molecule has 24 heavy (non-hydrogen) atoms. The lowest BCUT2D eigenvalue weighted by Crippen LogP contribution is -2.57. The van der Waals surface area contributed by atoms with E-state index in [-0.39, 0.29) is 17.9 Å². The summed E-state index contributed by atoms with van der Waals surface area (Å²) in [7, 11) is 0. The molecule has 0 bridgehead atoms. The van der Waals surface area contributed by atoms with E-state index in [2.05, 4.69) is 5.32 Å². The first-order valence-corrected chi connectivity index (χ1v) is 8.88. The van der Waals surface area contributed by atoms with Crippen molar-refractivity contribution in [2.45, 2.75) is 24.9 Å². The number of fused-ring (bicyclic) bond motifs is 1. The van der Waals surface area contributed by atoms with Crippen LogP contribution in [0.3, 0.4) is 0 Å². The van der Waals surface area contributed by atoms with Crippen LogP contribution in [0.5, 0.6) is 0 Å². The van der Waals surface area contributed by atoms with Gasteiger partial charge in [0.15, 0.2) is 5.43 Å². The number of hydrogen-bond acceptors (Lipinski definition) is 4. The Morgan fingerprint density at radius 3 is 2.62 bits per heavy atom. The zero-order valence-electron chi connectivity index (χ0n) is 13.0. The molecule has 2 aromatic rings. The first kappa shape index (κ1) is 16.6. The molecular weight excluding hydrogens is 328 g/mol. The molecule has 0 radical (unpaired) electrons. The number of nitrogens with zero attached hydrogens (tertiary/aromatic N) is 1. The summed E-state index contributed by atoms with van der Waals surface area (Å²) in [5.41, 5.74) is -0.630. The number of nitrogens with one attached hydrogen (secondary N) is 1. The van der Waals surface area contributed by atoms with Crippen LogP contribution in [0.25, 0.3) is 10.9 Å². The molecule has 1 fully saturated rings. The minimum Gasteiger partial charge on any atom is -0.480 e. The quantitative estimate of drug-likeness (QED) is 0.875. The molecule has 1 aromatic heterocycles. The zero-order chi connectivity index (χ0) is 17.2. The van der Waals surface area contributed by atoms with Crippen molar-refractivity contribution in [3.63, 3.8) is 0 Å². The third-order valence-electron chi connectivity index (χ3n) is 4.33. The number of aliphatic carboxylic acids is 1. The van der Waals surface area contributed by atoms with E-state index in [4.69, 9.17) is 0 Å². The average molecular weight is 346 g/mol. The van der Waals surface area contributed by atoms with Crippen LogP contribution in [-0.2, 0) is 16.1 Å². The van der Waals surface area contributed by atoms with Gasteiger partial charge in [-0.25, -0.2) is 4.79 Å². The minimum atomic E-state index is -1.18. The van der Waals surface area contributed by atoms with E-state index >= 15 is 0 Å². The van der Waals surface area contributed by atoms with Crippen LogP contribution in [-0.4, -0.2) is 38.6 Å². The molecule has 1 saturated heterocycles. The van der Waals surface area contributed by atoms with Gasteiger partial charge in [0.25, 0.3) is 0 Å². The lowest BCUT2D eigenvalue weighted by molar-refractivity contribution is -0.148. The SMILES string of the molecule is O=C(Cn1ccc(=O)c2ccccc21)NC1(C(=O)O)CCSCC1. The van der Waals surface area contributed by atoms with Gasteiger partial charge in [0.2, 0.25) is 5.91 Å². The number of benzene rings is 1. The molecule has 2 heterocycles. The van der Waals surface area contributed by atoms with Gasteiger partial charge in [0.05, 0.1) is 5.52 Å². The maximum absolute atomic E-state index is 12.4. The summed E-state index contributed by atoms with van der Waals surface area (Å²) >= 11 is 1.69. The molecule has 6 nitrogen and oxygen atoms in total. The van der Waals surface area contributed by atoms with E-state index in [1.807, 2.05) is 0 Å². The molecule has 1 aromatic carbocycles. The Morgan fingerprint density at radius 2 is 1.92 bits per heavy atom. The van der Waals surface area contributed by atoms with Gasteiger partial charge in [-0.15, -0.1) is 0 Å². The highest BCUT2D eigenvalue weighted by Crippen LogP contribution is 2.27. The summed E-state index contributed by atoms with van der Waals surface area (Å²) in [4.78, 5) is 36.0. The highest BCUT2D eigenvalue weighted by molar-refractivity contribution is 7.99. The Morgan fingerprint density at radius 1 is 1.21 bits per heavy atom. The highest BCUT2D eigenvalue weighted by Gasteiger charge is 2.41. The molecule has 3 rings (SSSR count). The monoisotopic (exact) mass is 346 g/mol. The fourth-order valence-corrected chi connectivity index (χ4v) is 4.16. The van der Waals surface area contributed by atoms with Crippen molar-refractivity contribution in [2.75, 3.05) is 11.5 Å². The van der Waals surface area contributed by atoms with Crippen LogP contribution in [0.2, 0.25) is 0 Å². The molecule has 0 saturated carbocycles. The summed E-state index contributed by atoms with van der Waals surface area (Å²) in [5.74, 6) is 0.0835. The fourth-order valence-electron chi connectivity index (χ4n) is 2.97. The van der Waals surface area contributed by atoms with Gasteiger partial charge in [0, 0.05) is 17.6 Å². The van der Waals surface area contributed by atoms with Crippen molar-refractivity contribution in [2.24, 2.45) is 0 Å². The molecule has 0 spiro atoms. The summed E-state index contributed by atoms with van der Waals surface area (Å²) in [6.07, 6.45) is 2.40. The number of carboxylic acids is 1. The number of carboxylic acid groups (broad SMARTS) is 1. The number of para-hydroxylation sites is 1. The van der Waals surface area contributed by atoms with Crippen LogP contribution >= 0.6 is 11.8 Å². The molecule has 1 aliphatic rings. The highest BCUT2D eigenvalue weighted by atomic mass is 32.2. The Hall–Kier alpha value is -2.28. The van der Waals surface area contributed by atoms with Crippen molar-refractivity contribution in [3.8, 4) is 0 Å². The van der Waals surface area contributed by atoms with E-state index in [0.717, 1.165) is 0 Å². The van der Waals surface area contributed by atoms with Gasteiger partial charge in [-0.3, -0.25) is 9.59 Å². The molecule has 2 N–H and O–H groups in total. The predicted octanol–water partition coefficient (Wildman–Crippen LogP) is 1.47. The van der Waals surface area contributed by atoms with Gasteiger partial charge in [0.1, 0.15) is 12.1 Å². The lowest BCUT2D eigenvalue weighted by atomic mass is 9.92. The van der Waals surface area contributed by atoms with Crippen molar-refractivity contribution >= 4 is 34.5 Å². The second-order valence-corrected chi connectivity index (χ2v) is 7.10. The lowest BCUT2D eigenvalue weighted by Gasteiger charge is -2.33. The Balaban J connectivity index is 1.84. The van der Waals surface area contributed by atoms with Gasteiger partial charge in [-0.1, -0.05) is 12.1 Å². The van der Waals surface area contributed by atoms with Crippen molar-refractivity contribution < 1.29 is 14.7 Å². The van der Waals surface area contributed by atoms with Crippen LogP contribution in [0.15, 0.2) is 41.3 Å². The third kappa shape index (κ3) is 3.17. The van der Waals surface area contributed by atoms with E-state index in [0.29, 0.717) is 35.3 Å². The summed E-state index contributed by atoms with van der Waals surface area (Å²) in [6, 6.07) is 8.47. The minimum absolute atomic E-state index is 0.0248. The topological polar surface area (TPSA) is 88.4 Å². The zero-order valence-corrected chi connectivity index (χ0v) is 13.8. The smallest absolute Gasteiger partial charge is 0.329 e. The standard InChI is InChI=1S/C17H18N2O4S/c20-14-5-8-19(13-4-2-1-3-12(13)14)11-15(21)18-17(16(22)23)6-9-24-10-7-17/h1-5,8H,6-7,9-11H2,(H,18,21)(H,22,23). The number of thioether (sulfide) groups is 1. The number of carbonyl (C=O) groups is 2. The van der Waals surface area contributed by atoms with Crippen molar-refractivity contribution in [3.05, 3.63) is 46.8 Å². The van der Waals surface area contributed by atoms with Gasteiger partial charge in [-0.2, -0.15) is 11.8 Å². The first-order valence-electron chi connectivity index (χ1n) is 7.72. The van der Waals surface area contributed by atoms with Crippen molar-refractivity contribution in [1.29, 1.82) is 0 Å². The van der Waals surface area contributed by atoms with Crippen LogP contribution in [0.1, 0.15) is 12.8 Å². The molecule has 7 heteroatoms. The van der Waals surface area contributed by atoms with Gasteiger partial charge >= 0.3 is 5.97 Å². The maximum Gasteiger partial charge on any atom is 0.329 e. The molecule has 0 aliphatic carbocycles. The molecule has 1 amide bonds. The average Bonchev–Trinajstić information content (AvgIpc) is 2.58. The molecule has 1 aliphatic heterocycles. The Bertz CT molecular complexity index is 840. The van der Waals surface area contributed by atoms with E-state index < -0.39 is 11.5 Å². The number of hydrogen-bond donors (Lipinski definition) is 2. The summed E-state index contributed by atoms with van der Waals surface area (Å²) < 4.78 is 1.67. The fraction of sp³-hybridized carbons (Fsp3) is 0.353. The third-order valence-corrected chi connectivity index (χ3v) is 5.32. The number of aromatic nitrogens is 1. The second kappa shape index (κ2) is 6.68. The van der Waals surface area contributed by atoms with E-state index in [1.165, 1.54) is 6.07 Å². The van der Waals surface area contributed by atoms with Gasteiger partial charge in [-0.05, 0) is 36.5 Å². The second-order valence-electron chi connectivity index (χ2n) is 5.87. The normalized spacial score (nSPS) is 16.7. The Labute approximate surface area is 142 Å². The number of amides is 1. The number of carbonyl (C=O) groups excluding carboxylic acids is 1. The molecule has 0 atom stereocenters. The first-order chi connectivity index (χ1) is 11.5. The largest absolute Gasteiger partial charge is 0.480 e. The van der Waals surface area contributed by atoms with Gasteiger partial charge < -0.3 is 15.0 Å². The summed E-state index contributed by atoms with van der Waals surface area (Å²) in [6.45, 7) is -0.0248. The number of rotatable bonds is 4. The Kier molecular flexibility index (Phi) is 4.62. The molecular formula is C17H18N2O4S. The molecule has 0 unspecified atom stereocenters. The van der Waals surface area contributed by atoms with Crippen LogP contribution < -0.4 is 10.7 Å².